The van der Waals surface area contributed by atoms with Gasteiger partial charge in [0.1, 0.15) is 10.7 Å². The maximum Gasteiger partial charge on any atom is 0.244 e. The van der Waals surface area contributed by atoms with Gasteiger partial charge in [0, 0.05) is 29.8 Å². The summed E-state index contributed by atoms with van der Waals surface area (Å²) in [5.41, 5.74) is 5.62. The molecule has 1 unspecified atom stereocenters. The van der Waals surface area contributed by atoms with E-state index in [0.29, 0.717) is 23.6 Å². The fourth-order valence-corrected chi connectivity index (χ4v) is 3.22. The van der Waals surface area contributed by atoms with Gasteiger partial charge in [0.25, 0.3) is 0 Å². The molecule has 1 heterocycles. The molecule has 0 spiro atoms. The summed E-state index contributed by atoms with van der Waals surface area (Å²) < 4.78 is 27.4. The number of anilines is 1. The number of nitrogens with two attached hydrogens (primary N) is 1. The molecule has 0 aliphatic carbocycles. The van der Waals surface area contributed by atoms with Gasteiger partial charge in [-0.05, 0) is 42.4 Å². The highest BCUT2D eigenvalue weighted by atomic mass is 79.9. The Morgan fingerprint density at radius 1 is 1.55 bits per heavy atom. The summed E-state index contributed by atoms with van der Waals surface area (Å²) in [5.74, 6) is -0.00372. The van der Waals surface area contributed by atoms with E-state index in [4.69, 9.17) is 5.73 Å². The average Bonchev–Trinajstić information content (AvgIpc) is 2.40. The predicted octanol–water partition coefficient (Wildman–Crippen LogP) is 1.43. The first-order valence-electron chi connectivity index (χ1n) is 6.38. The molecule has 1 aromatic rings. The average molecular weight is 365 g/mol. The van der Waals surface area contributed by atoms with E-state index in [1.807, 2.05) is 7.05 Å². The first-order chi connectivity index (χ1) is 9.27. The topological polar surface area (TPSA) is 88.3 Å². The molecule has 0 amide bonds. The molecule has 0 aliphatic rings. The van der Waals surface area contributed by atoms with Gasteiger partial charge in [0.05, 0.1) is 0 Å². The number of nitrogen functional groups attached to an aromatic ring is 1. The normalized spacial score (nSPS) is 13.7. The molecule has 0 aliphatic heterocycles. The van der Waals surface area contributed by atoms with Crippen molar-refractivity contribution in [2.75, 3.05) is 25.9 Å². The molecule has 1 atom stereocenters. The van der Waals surface area contributed by atoms with Crippen LogP contribution in [0.4, 0.5) is 5.82 Å². The molecule has 0 saturated carbocycles. The summed E-state index contributed by atoms with van der Waals surface area (Å²) in [6.07, 6.45) is 2.48. The van der Waals surface area contributed by atoms with Crippen LogP contribution in [0.1, 0.15) is 20.3 Å². The Bertz CT molecular complexity index is 550. The van der Waals surface area contributed by atoms with Crippen molar-refractivity contribution in [3.05, 3.63) is 16.7 Å². The van der Waals surface area contributed by atoms with Crippen molar-refractivity contribution in [2.45, 2.75) is 31.2 Å². The predicted molar refractivity (Wildman–Crippen MR) is 83.9 cm³/mol. The molecular weight excluding hydrogens is 344 g/mol. The summed E-state index contributed by atoms with van der Waals surface area (Å²) >= 11 is 3.19. The molecule has 1 rings (SSSR count). The highest BCUT2D eigenvalue weighted by molar-refractivity contribution is 9.10. The summed E-state index contributed by atoms with van der Waals surface area (Å²) in [4.78, 5) is 5.93. The Morgan fingerprint density at radius 2 is 2.20 bits per heavy atom. The molecule has 0 bridgehead atoms. The second-order valence-electron chi connectivity index (χ2n) is 4.67. The number of likely N-dealkylation sites (N-methyl/N-ethyl adjacent to an activating group) is 1. The number of rotatable bonds is 7. The van der Waals surface area contributed by atoms with Gasteiger partial charge >= 0.3 is 0 Å². The molecule has 0 aromatic carbocycles. The van der Waals surface area contributed by atoms with Crippen LogP contribution in [0, 0.1) is 0 Å². The number of aromatic nitrogens is 1. The fourth-order valence-electron chi connectivity index (χ4n) is 1.61. The Kier molecular flexibility index (Phi) is 6.38. The van der Waals surface area contributed by atoms with E-state index in [-0.39, 0.29) is 10.7 Å². The minimum absolute atomic E-state index is 0.00179. The van der Waals surface area contributed by atoms with Crippen LogP contribution < -0.4 is 10.5 Å². The molecule has 8 heteroatoms. The van der Waals surface area contributed by atoms with Crippen molar-refractivity contribution in [1.82, 2.24) is 14.6 Å². The van der Waals surface area contributed by atoms with Crippen LogP contribution in [-0.4, -0.2) is 44.5 Å². The van der Waals surface area contributed by atoms with Gasteiger partial charge in [-0.1, -0.05) is 6.92 Å². The number of nitrogens with zero attached hydrogens (tertiary/aromatic N) is 2. The summed E-state index contributed by atoms with van der Waals surface area (Å²) in [6.45, 7) is 5.16. The summed E-state index contributed by atoms with van der Waals surface area (Å²) in [7, 11) is -1.67. The molecule has 1 aromatic heterocycles. The van der Waals surface area contributed by atoms with Crippen LogP contribution in [-0.2, 0) is 10.0 Å². The SMILES string of the molecule is CCC(C)N(C)CCNS(=O)(=O)c1cc(Br)cnc1N. The molecule has 0 fully saturated rings. The third-order valence-corrected chi connectivity index (χ3v) is 5.16. The lowest BCUT2D eigenvalue weighted by atomic mass is 10.2. The molecule has 114 valence electrons. The van der Waals surface area contributed by atoms with Crippen molar-refractivity contribution in [1.29, 1.82) is 0 Å². The standard InChI is InChI=1S/C12H21BrN4O2S/c1-4-9(2)17(3)6-5-16-20(18,19)11-7-10(13)8-15-12(11)14/h7-9,16H,4-6H2,1-3H3,(H2,14,15). The molecule has 20 heavy (non-hydrogen) atoms. The quantitative estimate of drug-likeness (QED) is 0.763. The van der Waals surface area contributed by atoms with Gasteiger partial charge in [0.15, 0.2) is 0 Å². The van der Waals surface area contributed by atoms with E-state index in [0.717, 1.165) is 6.42 Å². The molecular formula is C12H21BrN4O2S. The second-order valence-corrected chi connectivity index (χ2v) is 7.32. The minimum atomic E-state index is -3.64. The van der Waals surface area contributed by atoms with Crippen LogP contribution >= 0.6 is 15.9 Å². The van der Waals surface area contributed by atoms with Crippen LogP contribution in [0.2, 0.25) is 0 Å². The molecule has 0 radical (unpaired) electrons. The molecule has 3 N–H and O–H groups in total. The van der Waals surface area contributed by atoms with Crippen molar-refractivity contribution < 1.29 is 8.42 Å². The van der Waals surface area contributed by atoms with E-state index < -0.39 is 10.0 Å². The fraction of sp³-hybridized carbons (Fsp3) is 0.583. The number of hydrogen-bond donors (Lipinski definition) is 2. The number of hydrogen-bond acceptors (Lipinski definition) is 5. The largest absolute Gasteiger partial charge is 0.383 e. The third kappa shape index (κ3) is 4.69. The van der Waals surface area contributed by atoms with Gasteiger partial charge in [-0.25, -0.2) is 18.1 Å². The lowest BCUT2D eigenvalue weighted by molar-refractivity contribution is 0.256. The smallest absolute Gasteiger partial charge is 0.244 e. The lowest BCUT2D eigenvalue weighted by Crippen LogP contribution is -2.37. The van der Waals surface area contributed by atoms with E-state index >= 15 is 0 Å². The monoisotopic (exact) mass is 364 g/mol. The van der Waals surface area contributed by atoms with Gasteiger partial charge in [-0.2, -0.15) is 0 Å². The van der Waals surface area contributed by atoms with Crippen LogP contribution in [0.5, 0.6) is 0 Å². The van der Waals surface area contributed by atoms with Gasteiger partial charge in [-0.15, -0.1) is 0 Å². The maximum absolute atomic E-state index is 12.2. The second kappa shape index (κ2) is 7.35. The number of nitrogens with one attached hydrogen (secondary N) is 1. The summed E-state index contributed by atoms with van der Waals surface area (Å²) in [5, 5.41) is 0. The van der Waals surface area contributed by atoms with Crippen LogP contribution in [0.3, 0.4) is 0 Å². The number of sulfonamides is 1. The first kappa shape index (κ1) is 17.4. The molecule has 6 nitrogen and oxygen atoms in total. The van der Waals surface area contributed by atoms with Crippen molar-refractivity contribution in [3.8, 4) is 0 Å². The highest BCUT2D eigenvalue weighted by Crippen LogP contribution is 2.20. The van der Waals surface area contributed by atoms with Crippen LogP contribution in [0.15, 0.2) is 21.6 Å². The third-order valence-electron chi connectivity index (χ3n) is 3.24. The van der Waals surface area contributed by atoms with Gasteiger partial charge < -0.3 is 10.6 Å². The van der Waals surface area contributed by atoms with Gasteiger partial charge in [-0.3, -0.25) is 0 Å². The zero-order valence-corrected chi connectivity index (χ0v) is 14.3. The van der Waals surface area contributed by atoms with E-state index in [2.05, 4.69) is 44.4 Å². The maximum atomic E-state index is 12.2. The van der Waals surface area contributed by atoms with Crippen molar-refractivity contribution in [3.63, 3.8) is 0 Å². The van der Waals surface area contributed by atoms with Gasteiger partial charge in [0.2, 0.25) is 10.0 Å². The zero-order chi connectivity index (χ0) is 15.3. The zero-order valence-electron chi connectivity index (χ0n) is 11.9. The van der Waals surface area contributed by atoms with E-state index in [1.54, 1.807) is 0 Å². The Morgan fingerprint density at radius 3 is 2.80 bits per heavy atom. The number of halogens is 1. The Balaban J connectivity index is 2.69. The van der Waals surface area contributed by atoms with Crippen LogP contribution in [0.25, 0.3) is 0 Å². The van der Waals surface area contributed by atoms with E-state index in [1.165, 1.54) is 12.3 Å². The van der Waals surface area contributed by atoms with Crippen molar-refractivity contribution >= 4 is 31.8 Å². The van der Waals surface area contributed by atoms with E-state index in [9.17, 15) is 8.42 Å². The summed E-state index contributed by atoms with van der Waals surface area (Å²) in [6, 6.07) is 1.86. The Hall–Kier alpha value is -0.700. The molecule has 0 saturated heterocycles. The van der Waals surface area contributed by atoms with Crippen molar-refractivity contribution in [2.24, 2.45) is 0 Å². The lowest BCUT2D eigenvalue weighted by Gasteiger charge is -2.23. The first-order valence-corrected chi connectivity index (χ1v) is 8.66. The highest BCUT2D eigenvalue weighted by Gasteiger charge is 2.19. The Labute approximate surface area is 128 Å². The number of pyridine rings is 1. The minimum Gasteiger partial charge on any atom is -0.383 e.